The molecule has 37 heavy (non-hydrogen) atoms. The number of halogens is 1. The van der Waals surface area contributed by atoms with Crippen molar-refractivity contribution in [2.75, 3.05) is 4.90 Å². The van der Waals surface area contributed by atoms with E-state index in [1.54, 1.807) is 11.8 Å². The lowest BCUT2D eigenvalue weighted by molar-refractivity contribution is -0.123. The van der Waals surface area contributed by atoms with Gasteiger partial charge in [-0.2, -0.15) is 0 Å². The number of aromatic amines is 1. The standard InChI is InChI=1S/C29H27FN2O3S2/c1-29(2,3)14-6-4-13(5-7-14)19-20-17-12-18(23(20)36-25-24(19)37-28(35)31-25)22-21(17)26(33)32(27(22)34)16-10-8-15(30)9-11-16/h4-11,17-23H,12H2,1-3H3,(H,31,35)/t17-,18+,19+,20+,21+,22+,23-/m1/s1. The number of H-pyrrole nitrogens is 1. The monoisotopic (exact) mass is 534 g/mol. The molecule has 1 saturated heterocycles. The number of anilines is 1. The first-order valence-corrected chi connectivity index (χ1v) is 14.5. The average molecular weight is 535 g/mol. The summed E-state index contributed by atoms with van der Waals surface area (Å²) in [5.74, 6) is -1.13. The van der Waals surface area contributed by atoms with Crippen molar-refractivity contribution < 1.29 is 14.0 Å². The number of carbonyl (C=O) groups is 2. The maximum atomic E-state index is 13.7. The molecule has 2 bridgehead atoms. The molecule has 5 nitrogen and oxygen atoms in total. The van der Waals surface area contributed by atoms with Crippen molar-refractivity contribution in [3.8, 4) is 0 Å². The highest BCUT2D eigenvalue weighted by Gasteiger charge is 2.69. The second kappa shape index (κ2) is 7.90. The van der Waals surface area contributed by atoms with Gasteiger partial charge in [0.05, 0.1) is 22.5 Å². The van der Waals surface area contributed by atoms with Crippen LogP contribution in [0.25, 0.3) is 0 Å². The Balaban J connectivity index is 1.30. The summed E-state index contributed by atoms with van der Waals surface area (Å²) in [6, 6.07) is 14.3. The van der Waals surface area contributed by atoms with Gasteiger partial charge in [0.25, 0.3) is 0 Å². The zero-order chi connectivity index (χ0) is 25.8. The molecule has 4 aliphatic rings. The number of fused-ring (bicyclic) bond motifs is 9. The lowest BCUT2D eigenvalue weighted by Crippen LogP contribution is -2.42. The van der Waals surface area contributed by atoms with E-state index in [4.69, 9.17) is 0 Å². The number of thiazole rings is 1. The summed E-state index contributed by atoms with van der Waals surface area (Å²) in [6.07, 6.45) is 0.849. The fourth-order valence-electron chi connectivity index (χ4n) is 7.43. The van der Waals surface area contributed by atoms with Crippen LogP contribution in [0.5, 0.6) is 0 Å². The van der Waals surface area contributed by atoms with Crippen LogP contribution in [-0.2, 0) is 15.0 Å². The highest BCUT2D eigenvalue weighted by molar-refractivity contribution is 8.00. The number of rotatable bonds is 2. The molecule has 2 aliphatic carbocycles. The highest BCUT2D eigenvalue weighted by Crippen LogP contribution is 2.68. The minimum absolute atomic E-state index is 0.0120. The van der Waals surface area contributed by atoms with Gasteiger partial charge < -0.3 is 4.98 Å². The smallest absolute Gasteiger partial charge is 0.305 e. The number of amides is 2. The molecule has 2 aliphatic heterocycles. The number of imide groups is 1. The minimum Gasteiger partial charge on any atom is -0.307 e. The summed E-state index contributed by atoms with van der Waals surface area (Å²) >= 11 is 2.97. The molecule has 8 heteroatoms. The van der Waals surface area contributed by atoms with E-state index in [0.717, 1.165) is 21.9 Å². The van der Waals surface area contributed by atoms with Crippen molar-refractivity contribution in [2.45, 2.75) is 48.8 Å². The van der Waals surface area contributed by atoms with Gasteiger partial charge in [0, 0.05) is 16.0 Å². The van der Waals surface area contributed by atoms with Crippen molar-refractivity contribution in [1.29, 1.82) is 0 Å². The van der Waals surface area contributed by atoms with Gasteiger partial charge in [-0.1, -0.05) is 56.4 Å². The summed E-state index contributed by atoms with van der Waals surface area (Å²) in [4.78, 5) is 45.2. The number of hydrogen-bond acceptors (Lipinski definition) is 5. The molecule has 0 unspecified atom stereocenters. The van der Waals surface area contributed by atoms with Crippen LogP contribution in [0.2, 0.25) is 0 Å². The summed E-state index contributed by atoms with van der Waals surface area (Å²) < 4.78 is 13.5. The van der Waals surface area contributed by atoms with Crippen LogP contribution in [0.3, 0.4) is 0 Å². The number of benzene rings is 2. The van der Waals surface area contributed by atoms with Crippen LogP contribution in [-0.4, -0.2) is 22.0 Å². The predicted molar refractivity (Wildman–Crippen MR) is 143 cm³/mol. The molecule has 2 amide bonds. The number of carbonyl (C=O) groups excluding carboxylic acids is 2. The molecule has 3 heterocycles. The van der Waals surface area contributed by atoms with Crippen molar-refractivity contribution in [3.63, 3.8) is 0 Å². The van der Waals surface area contributed by atoms with Gasteiger partial charge in [0.2, 0.25) is 11.8 Å². The first-order chi connectivity index (χ1) is 17.6. The third-order valence-electron chi connectivity index (χ3n) is 8.94. The molecule has 3 fully saturated rings. The largest absolute Gasteiger partial charge is 0.307 e. The molecular formula is C29H27FN2O3S2. The molecule has 0 spiro atoms. The summed E-state index contributed by atoms with van der Waals surface area (Å²) in [6.45, 7) is 6.57. The van der Waals surface area contributed by atoms with E-state index in [9.17, 15) is 18.8 Å². The Hall–Kier alpha value is -2.71. The van der Waals surface area contributed by atoms with Gasteiger partial charge in [0.1, 0.15) is 5.82 Å². The van der Waals surface area contributed by atoms with E-state index in [2.05, 4.69) is 50.0 Å². The second-order valence-corrected chi connectivity index (χ2v) is 14.0. The van der Waals surface area contributed by atoms with E-state index in [-0.39, 0.29) is 62.9 Å². The van der Waals surface area contributed by atoms with Crippen LogP contribution in [0.15, 0.2) is 58.4 Å². The number of hydrogen-bond donors (Lipinski definition) is 1. The summed E-state index contributed by atoms with van der Waals surface area (Å²) in [5.41, 5.74) is 2.89. The molecule has 7 rings (SSSR count). The zero-order valence-corrected chi connectivity index (χ0v) is 22.4. The van der Waals surface area contributed by atoms with Gasteiger partial charge in [-0.3, -0.25) is 19.3 Å². The first kappa shape index (κ1) is 23.4. The molecule has 2 saturated carbocycles. The molecule has 0 radical (unpaired) electrons. The highest BCUT2D eigenvalue weighted by atomic mass is 32.2. The van der Waals surface area contributed by atoms with E-state index >= 15 is 0 Å². The Kier molecular flexibility index (Phi) is 5.00. The SMILES string of the molecule is CC(C)(C)c1ccc([C@@H]2c3sc(=O)[nH]c3S[C@@H]3[C@H]4C[C@@H]([C@@H]5C(=O)N(c6ccc(F)cc6)C(=O)[C@@H]45)[C@@H]23)cc1. The van der Waals surface area contributed by atoms with Crippen molar-refractivity contribution in [3.05, 3.63) is 80.0 Å². The Bertz CT molecular complexity index is 1490. The summed E-state index contributed by atoms with van der Waals surface area (Å²) in [7, 11) is 0. The normalized spacial score (nSPS) is 32.0. The van der Waals surface area contributed by atoms with Crippen molar-refractivity contribution in [1.82, 2.24) is 4.98 Å². The molecule has 190 valence electrons. The third kappa shape index (κ3) is 3.31. The third-order valence-corrected chi connectivity index (χ3v) is 11.5. The molecule has 7 atom stereocenters. The van der Waals surface area contributed by atoms with Gasteiger partial charge in [-0.05, 0) is 65.0 Å². The lowest BCUT2D eigenvalue weighted by Gasteiger charge is -2.43. The molecule has 1 N–H and O–H groups in total. The number of nitrogens with one attached hydrogen (secondary N) is 1. The first-order valence-electron chi connectivity index (χ1n) is 12.8. The lowest BCUT2D eigenvalue weighted by atomic mass is 9.68. The average Bonchev–Trinajstić information content (AvgIpc) is 3.58. The molecular weight excluding hydrogens is 507 g/mol. The second-order valence-electron chi connectivity index (χ2n) is 11.8. The van der Waals surface area contributed by atoms with Crippen LogP contribution < -0.4 is 9.77 Å². The van der Waals surface area contributed by atoms with Crippen LogP contribution in [0.4, 0.5) is 10.1 Å². The van der Waals surface area contributed by atoms with E-state index < -0.39 is 5.82 Å². The molecule has 3 aromatic rings. The zero-order valence-electron chi connectivity index (χ0n) is 20.7. The van der Waals surface area contributed by atoms with Crippen LogP contribution in [0, 0.1) is 35.4 Å². The Morgan fingerprint density at radius 2 is 1.57 bits per heavy atom. The van der Waals surface area contributed by atoms with Crippen molar-refractivity contribution >= 4 is 40.6 Å². The molecule has 2 aromatic carbocycles. The molecule has 1 aromatic heterocycles. The van der Waals surface area contributed by atoms with Gasteiger partial charge in [-0.25, -0.2) is 4.39 Å². The van der Waals surface area contributed by atoms with E-state index in [1.165, 1.54) is 46.1 Å². The topological polar surface area (TPSA) is 70.2 Å². The van der Waals surface area contributed by atoms with Gasteiger partial charge in [0.15, 0.2) is 0 Å². The maximum absolute atomic E-state index is 13.7. The van der Waals surface area contributed by atoms with Crippen LogP contribution in [0.1, 0.15) is 49.1 Å². The fourth-order valence-corrected chi connectivity index (χ4v) is 10.3. The van der Waals surface area contributed by atoms with E-state index in [1.807, 2.05) is 0 Å². The Morgan fingerprint density at radius 1 is 0.919 bits per heavy atom. The van der Waals surface area contributed by atoms with Crippen molar-refractivity contribution in [2.24, 2.45) is 29.6 Å². The quantitative estimate of drug-likeness (QED) is 0.438. The Morgan fingerprint density at radius 3 is 2.22 bits per heavy atom. The number of nitrogens with zero attached hydrogens (tertiary/aromatic N) is 1. The number of aromatic nitrogens is 1. The van der Waals surface area contributed by atoms with Gasteiger partial charge >= 0.3 is 4.87 Å². The van der Waals surface area contributed by atoms with Crippen LogP contribution >= 0.6 is 23.1 Å². The minimum atomic E-state index is -0.397. The van der Waals surface area contributed by atoms with Gasteiger partial charge in [-0.15, -0.1) is 11.8 Å². The predicted octanol–water partition coefficient (Wildman–Crippen LogP) is 5.55. The Labute approximate surface area is 222 Å². The fraction of sp³-hybridized carbons (Fsp3) is 0.414. The summed E-state index contributed by atoms with van der Waals surface area (Å²) in [5, 5.41) is 1.07. The van der Waals surface area contributed by atoms with E-state index in [0.29, 0.717) is 5.69 Å². The maximum Gasteiger partial charge on any atom is 0.305 e. The number of thioether (sulfide) groups is 1.